The molecule has 0 amide bonds. The van der Waals surface area contributed by atoms with E-state index in [4.69, 9.17) is 21.1 Å². The number of rotatable bonds is 4. The van der Waals surface area contributed by atoms with Crippen molar-refractivity contribution in [3.63, 3.8) is 0 Å². The van der Waals surface area contributed by atoms with Crippen LogP contribution in [-0.2, 0) is 9.53 Å². The Kier molecular flexibility index (Phi) is 5.80. The summed E-state index contributed by atoms with van der Waals surface area (Å²) in [6.07, 6.45) is 1.80. The van der Waals surface area contributed by atoms with E-state index in [-0.39, 0.29) is 5.56 Å². The van der Waals surface area contributed by atoms with E-state index in [0.717, 1.165) is 11.3 Å². The maximum Gasteiger partial charge on any atom is 0.338 e. The molecule has 2 aromatic carbocycles. The number of carbonyl (C=O) groups is 1. The topological polar surface area (TPSA) is 69.9 Å². The van der Waals surface area contributed by atoms with Gasteiger partial charge in [-0.15, -0.1) is 0 Å². The summed E-state index contributed by atoms with van der Waals surface area (Å²) in [7, 11) is 2.91. The maximum absolute atomic E-state index is 13.4. The molecule has 1 aliphatic heterocycles. The molecule has 3 aromatic rings. The van der Waals surface area contributed by atoms with Crippen molar-refractivity contribution in [1.82, 2.24) is 4.57 Å². The Bertz CT molecular complexity index is 1370. The molecule has 0 spiro atoms. The minimum atomic E-state index is -0.726. The van der Waals surface area contributed by atoms with Gasteiger partial charge in [-0.2, -0.15) is 0 Å². The third kappa shape index (κ3) is 3.82. The van der Waals surface area contributed by atoms with E-state index < -0.39 is 12.0 Å². The third-order valence-corrected chi connectivity index (χ3v) is 6.37. The van der Waals surface area contributed by atoms with Gasteiger partial charge in [-0.3, -0.25) is 9.36 Å². The lowest BCUT2D eigenvalue weighted by Crippen LogP contribution is -2.39. The molecule has 0 saturated carbocycles. The lowest BCUT2D eigenvalue weighted by molar-refractivity contribution is -0.136. The molecule has 6 nitrogen and oxygen atoms in total. The SMILES string of the molecule is COC(=O)C1=C(C)N=c2sc(=Cc3ccc(OC)cc3)c(=O)n2C1c1ccccc1Cl. The first-order chi connectivity index (χ1) is 14.9. The molecule has 1 atom stereocenters. The molecule has 158 valence electrons. The normalized spacial score (nSPS) is 16.0. The van der Waals surface area contributed by atoms with Gasteiger partial charge in [-0.05, 0) is 42.3 Å². The number of fused-ring (bicyclic) bond motifs is 1. The molecule has 1 unspecified atom stereocenters. The Labute approximate surface area is 187 Å². The number of carbonyl (C=O) groups excluding carboxylic acids is 1. The maximum atomic E-state index is 13.4. The minimum Gasteiger partial charge on any atom is -0.497 e. The first-order valence-electron chi connectivity index (χ1n) is 9.44. The zero-order valence-electron chi connectivity index (χ0n) is 17.1. The summed E-state index contributed by atoms with van der Waals surface area (Å²) in [5, 5.41) is 0.452. The van der Waals surface area contributed by atoms with Gasteiger partial charge in [-0.1, -0.05) is 53.3 Å². The number of nitrogens with zero attached hydrogens (tertiary/aromatic N) is 2. The Morgan fingerprint density at radius 1 is 1.16 bits per heavy atom. The van der Waals surface area contributed by atoms with Gasteiger partial charge in [0.25, 0.3) is 5.56 Å². The zero-order chi connectivity index (χ0) is 22.1. The smallest absolute Gasteiger partial charge is 0.338 e. The number of halogens is 1. The second-order valence-corrected chi connectivity index (χ2v) is 8.28. The summed E-state index contributed by atoms with van der Waals surface area (Å²) in [6, 6.07) is 13.8. The predicted octanol–water partition coefficient (Wildman–Crippen LogP) is 3.07. The van der Waals surface area contributed by atoms with Gasteiger partial charge < -0.3 is 9.47 Å². The highest BCUT2D eigenvalue weighted by molar-refractivity contribution is 7.07. The summed E-state index contributed by atoms with van der Waals surface area (Å²) in [5.41, 5.74) is 2.02. The molecule has 0 saturated heterocycles. The monoisotopic (exact) mass is 454 g/mol. The van der Waals surface area contributed by atoms with Crippen LogP contribution in [0.5, 0.6) is 5.75 Å². The Balaban J connectivity index is 1.96. The summed E-state index contributed by atoms with van der Waals surface area (Å²) < 4.78 is 12.2. The van der Waals surface area contributed by atoms with Crippen molar-refractivity contribution in [2.45, 2.75) is 13.0 Å². The number of esters is 1. The van der Waals surface area contributed by atoms with Crippen LogP contribution in [0.2, 0.25) is 5.02 Å². The van der Waals surface area contributed by atoms with Gasteiger partial charge in [-0.25, -0.2) is 9.79 Å². The highest BCUT2D eigenvalue weighted by Crippen LogP contribution is 2.34. The van der Waals surface area contributed by atoms with E-state index in [1.165, 1.54) is 23.0 Å². The van der Waals surface area contributed by atoms with Gasteiger partial charge >= 0.3 is 5.97 Å². The van der Waals surface area contributed by atoms with E-state index in [2.05, 4.69) is 4.99 Å². The molecular weight excluding hydrogens is 436 g/mol. The zero-order valence-corrected chi connectivity index (χ0v) is 18.7. The largest absolute Gasteiger partial charge is 0.497 e. The van der Waals surface area contributed by atoms with Crippen molar-refractivity contribution in [2.24, 2.45) is 4.99 Å². The van der Waals surface area contributed by atoms with Crippen LogP contribution in [0, 0.1) is 0 Å². The number of hydrogen-bond acceptors (Lipinski definition) is 6. The Morgan fingerprint density at radius 2 is 1.87 bits per heavy atom. The van der Waals surface area contributed by atoms with Crippen LogP contribution in [0.15, 0.2) is 69.6 Å². The Morgan fingerprint density at radius 3 is 2.52 bits per heavy atom. The number of benzene rings is 2. The van der Waals surface area contributed by atoms with Crippen molar-refractivity contribution in [2.75, 3.05) is 14.2 Å². The first-order valence-corrected chi connectivity index (χ1v) is 10.6. The standard InChI is InChI=1S/C23H19ClN2O4S/c1-13-19(22(28)30-3)20(16-6-4-5-7-17(16)24)26-21(27)18(31-23(26)25-13)12-14-8-10-15(29-2)11-9-14/h4-12,20H,1-3H3. The van der Waals surface area contributed by atoms with Crippen LogP contribution in [-0.4, -0.2) is 24.8 Å². The van der Waals surface area contributed by atoms with Crippen molar-refractivity contribution >= 4 is 35.0 Å². The first kappa shape index (κ1) is 21.1. The van der Waals surface area contributed by atoms with Gasteiger partial charge in [0.05, 0.1) is 30.0 Å². The van der Waals surface area contributed by atoms with Crippen LogP contribution in [0.1, 0.15) is 24.1 Å². The third-order valence-electron chi connectivity index (χ3n) is 5.04. The summed E-state index contributed by atoms with van der Waals surface area (Å²) in [5.74, 6) is 0.186. The molecule has 31 heavy (non-hydrogen) atoms. The second kappa shape index (κ2) is 8.53. The quantitative estimate of drug-likeness (QED) is 0.568. The van der Waals surface area contributed by atoms with Crippen LogP contribution in [0.3, 0.4) is 0 Å². The van der Waals surface area contributed by atoms with E-state index in [9.17, 15) is 9.59 Å². The van der Waals surface area contributed by atoms with E-state index in [0.29, 0.717) is 31.2 Å². The van der Waals surface area contributed by atoms with Crippen LogP contribution < -0.4 is 19.6 Å². The number of methoxy groups -OCH3 is 2. The summed E-state index contributed by atoms with van der Waals surface area (Å²) in [4.78, 5) is 31.1. The molecule has 1 aromatic heterocycles. The lowest BCUT2D eigenvalue weighted by Gasteiger charge is -2.25. The molecule has 0 bridgehead atoms. The molecule has 4 rings (SSSR count). The fourth-order valence-corrected chi connectivity index (χ4v) is 4.82. The summed E-state index contributed by atoms with van der Waals surface area (Å²) in [6.45, 7) is 1.73. The van der Waals surface area contributed by atoms with Crippen molar-refractivity contribution in [3.05, 3.63) is 95.6 Å². The molecule has 8 heteroatoms. The lowest BCUT2D eigenvalue weighted by atomic mass is 9.96. The molecule has 1 aliphatic rings. The number of thiazole rings is 1. The average Bonchev–Trinajstić information content (AvgIpc) is 3.08. The average molecular weight is 455 g/mol. The Hall–Kier alpha value is -3.16. The van der Waals surface area contributed by atoms with E-state index >= 15 is 0 Å². The van der Waals surface area contributed by atoms with E-state index in [1.807, 2.05) is 30.3 Å². The number of allylic oxidation sites excluding steroid dienone is 1. The van der Waals surface area contributed by atoms with Gasteiger partial charge in [0.1, 0.15) is 11.8 Å². The van der Waals surface area contributed by atoms with Crippen molar-refractivity contribution in [3.8, 4) is 5.75 Å². The number of hydrogen-bond donors (Lipinski definition) is 0. The molecule has 0 aliphatic carbocycles. The second-order valence-electron chi connectivity index (χ2n) is 6.87. The van der Waals surface area contributed by atoms with Crippen LogP contribution >= 0.6 is 22.9 Å². The van der Waals surface area contributed by atoms with Crippen molar-refractivity contribution < 1.29 is 14.3 Å². The van der Waals surface area contributed by atoms with Gasteiger partial charge in [0.2, 0.25) is 0 Å². The minimum absolute atomic E-state index is 0.251. The van der Waals surface area contributed by atoms with E-state index in [1.54, 1.807) is 38.3 Å². The highest BCUT2D eigenvalue weighted by Gasteiger charge is 2.34. The predicted molar refractivity (Wildman–Crippen MR) is 120 cm³/mol. The fraction of sp³-hybridized carbons (Fsp3) is 0.174. The highest BCUT2D eigenvalue weighted by atomic mass is 35.5. The molecule has 0 N–H and O–H groups in total. The number of ether oxygens (including phenoxy) is 2. The molecule has 2 heterocycles. The fourth-order valence-electron chi connectivity index (χ4n) is 3.54. The number of aromatic nitrogens is 1. The molecular formula is C23H19ClN2O4S. The van der Waals surface area contributed by atoms with Crippen LogP contribution in [0.25, 0.3) is 6.08 Å². The molecule has 0 radical (unpaired) electrons. The van der Waals surface area contributed by atoms with Gasteiger partial charge in [0.15, 0.2) is 4.80 Å². The molecule has 0 fully saturated rings. The van der Waals surface area contributed by atoms with Crippen molar-refractivity contribution in [1.29, 1.82) is 0 Å². The van der Waals surface area contributed by atoms with Gasteiger partial charge in [0, 0.05) is 5.02 Å². The summed E-state index contributed by atoms with van der Waals surface area (Å²) >= 11 is 7.73. The van der Waals surface area contributed by atoms with Crippen LogP contribution in [0.4, 0.5) is 0 Å².